The van der Waals surface area contributed by atoms with Crippen molar-refractivity contribution < 1.29 is 4.79 Å². The number of hydrogen-bond acceptors (Lipinski definition) is 3. The van der Waals surface area contributed by atoms with Crippen LogP contribution in [0, 0.1) is 0 Å². The van der Waals surface area contributed by atoms with Crippen molar-refractivity contribution in [3.05, 3.63) is 52.3 Å². The second kappa shape index (κ2) is 7.20. The fourth-order valence-corrected chi connectivity index (χ4v) is 2.99. The van der Waals surface area contributed by atoms with Gasteiger partial charge in [-0.1, -0.05) is 29.3 Å². The first kappa shape index (κ1) is 16.1. The highest BCUT2D eigenvalue weighted by atomic mass is 35.5. The monoisotopic (exact) mass is 349 g/mol. The number of piperidine rings is 1. The average Bonchev–Trinajstić information content (AvgIpc) is 2.60. The van der Waals surface area contributed by atoms with Crippen LogP contribution in [-0.2, 0) is 0 Å². The Hall–Kier alpha value is -1.78. The minimum atomic E-state index is -0.306. The molecule has 3 rings (SSSR count). The number of nitrogens with zero attached hydrogens (tertiary/aromatic N) is 2. The lowest BCUT2D eigenvalue weighted by atomic mass is 10.1. The Morgan fingerprint density at radius 1 is 1.09 bits per heavy atom. The molecule has 1 aromatic heterocycles. The van der Waals surface area contributed by atoms with E-state index in [-0.39, 0.29) is 5.91 Å². The zero-order valence-electron chi connectivity index (χ0n) is 12.6. The average molecular weight is 350 g/mol. The maximum atomic E-state index is 12.3. The number of halogens is 2. The summed E-state index contributed by atoms with van der Waals surface area (Å²) in [5.74, 6) is -0.306. The largest absolute Gasteiger partial charge is 0.370 e. The van der Waals surface area contributed by atoms with Crippen LogP contribution in [0.4, 0.5) is 11.4 Å². The number of carbonyl (C=O) groups excluding carboxylic acids is 1. The molecule has 0 unspecified atom stereocenters. The first-order chi connectivity index (χ1) is 11.1. The number of carbonyl (C=O) groups is 1. The third-order valence-corrected chi connectivity index (χ3v) is 4.72. The van der Waals surface area contributed by atoms with Gasteiger partial charge >= 0.3 is 0 Å². The van der Waals surface area contributed by atoms with Crippen LogP contribution in [0.2, 0.25) is 10.0 Å². The minimum Gasteiger partial charge on any atom is -0.370 e. The summed E-state index contributed by atoms with van der Waals surface area (Å²) in [5.41, 5.74) is 1.88. The van der Waals surface area contributed by atoms with E-state index >= 15 is 0 Å². The molecule has 0 saturated carbocycles. The van der Waals surface area contributed by atoms with Gasteiger partial charge in [-0.2, -0.15) is 0 Å². The molecule has 4 nitrogen and oxygen atoms in total. The van der Waals surface area contributed by atoms with Gasteiger partial charge in [0.2, 0.25) is 0 Å². The Balaban J connectivity index is 1.71. The summed E-state index contributed by atoms with van der Waals surface area (Å²) in [6, 6.07) is 8.78. The van der Waals surface area contributed by atoms with Crippen molar-refractivity contribution >= 4 is 40.5 Å². The molecule has 120 valence electrons. The summed E-state index contributed by atoms with van der Waals surface area (Å²) in [5, 5.41) is 3.46. The van der Waals surface area contributed by atoms with Crippen molar-refractivity contribution in [2.45, 2.75) is 19.3 Å². The van der Waals surface area contributed by atoms with Crippen molar-refractivity contribution in [1.82, 2.24) is 4.98 Å². The van der Waals surface area contributed by atoms with E-state index in [0.29, 0.717) is 21.4 Å². The van der Waals surface area contributed by atoms with E-state index in [2.05, 4.69) is 15.2 Å². The molecule has 1 N–H and O–H groups in total. The fourth-order valence-electron chi connectivity index (χ4n) is 2.65. The van der Waals surface area contributed by atoms with Gasteiger partial charge in [0, 0.05) is 13.1 Å². The van der Waals surface area contributed by atoms with Crippen molar-refractivity contribution in [3.8, 4) is 0 Å². The zero-order chi connectivity index (χ0) is 16.2. The van der Waals surface area contributed by atoms with Gasteiger partial charge in [-0.3, -0.25) is 4.79 Å². The summed E-state index contributed by atoms with van der Waals surface area (Å²) in [6.45, 7) is 2.09. The van der Waals surface area contributed by atoms with Crippen LogP contribution in [0.5, 0.6) is 0 Å². The van der Waals surface area contributed by atoms with Gasteiger partial charge in [0.25, 0.3) is 5.91 Å². The highest BCUT2D eigenvalue weighted by Crippen LogP contribution is 2.29. The molecule has 0 spiro atoms. The number of aromatic nitrogens is 1. The molecule has 0 bridgehead atoms. The lowest BCUT2D eigenvalue weighted by molar-refractivity contribution is 0.102. The van der Waals surface area contributed by atoms with E-state index in [1.165, 1.54) is 19.3 Å². The predicted molar refractivity (Wildman–Crippen MR) is 94.7 cm³/mol. The van der Waals surface area contributed by atoms with Crippen LogP contribution < -0.4 is 10.2 Å². The molecule has 23 heavy (non-hydrogen) atoms. The second-order valence-electron chi connectivity index (χ2n) is 5.50. The summed E-state index contributed by atoms with van der Waals surface area (Å²) in [7, 11) is 0. The van der Waals surface area contributed by atoms with Gasteiger partial charge in [-0.25, -0.2) is 4.98 Å². The van der Waals surface area contributed by atoms with Crippen LogP contribution in [-0.4, -0.2) is 24.0 Å². The Morgan fingerprint density at radius 3 is 2.57 bits per heavy atom. The highest BCUT2D eigenvalue weighted by Gasteiger charge is 2.14. The smallest absolute Gasteiger partial charge is 0.274 e. The Kier molecular flexibility index (Phi) is 5.03. The summed E-state index contributed by atoms with van der Waals surface area (Å²) in [6.07, 6.45) is 5.44. The van der Waals surface area contributed by atoms with Crippen molar-refractivity contribution in [2.24, 2.45) is 0 Å². The second-order valence-corrected chi connectivity index (χ2v) is 6.29. The lowest BCUT2D eigenvalue weighted by Gasteiger charge is -2.28. The normalized spacial score (nSPS) is 14.6. The molecule has 0 radical (unpaired) electrons. The lowest BCUT2D eigenvalue weighted by Crippen LogP contribution is -2.29. The molecule has 1 amide bonds. The third kappa shape index (κ3) is 3.77. The maximum absolute atomic E-state index is 12.3. The molecule has 2 heterocycles. The Bertz CT molecular complexity index is 697. The van der Waals surface area contributed by atoms with Gasteiger partial charge in [0.15, 0.2) is 0 Å². The van der Waals surface area contributed by atoms with Gasteiger partial charge in [0.05, 0.1) is 27.6 Å². The van der Waals surface area contributed by atoms with Gasteiger partial charge < -0.3 is 10.2 Å². The molecule has 0 atom stereocenters. The standard InChI is InChI=1S/C17H17Cl2N3O/c18-13-5-4-6-14(16(13)19)21-17(23)15-8-7-12(11-20-15)22-9-2-1-3-10-22/h4-8,11H,1-3,9-10H2,(H,21,23). The number of anilines is 2. The van der Waals surface area contributed by atoms with Crippen molar-refractivity contribution in [2.75, 3.05) is 23.3 Å². The molecule has 1 aromatic carbocycles. The topological polar surface area (TPSA) is 45.2 Å². The summed E-state index contributed by atoms with van der Waals surface area (Å²) in [4.78, 5) is 18.8. The number of hydrogen-bond donors (Lipinski definition) is 1. The maximum Gasteiger partial charge on any atom is 0.274 e. The van der Waals surface area contributed by atoms with Gasteiger partial charge in [0.1, 0.15) is 5.69 Å². The first-order valence-corrected chi connectivity index (χ1v) is 8.37. The molecule has 1 fully saturated rings. The Labute approximate surface area is 145 Å². The fraction of sp³-hybridized carbons (Fsp3) is 0.294. The van der Waals surface area contributed by atoms with Crippen LogP contribution >= 0.6 is 23.2 Å². The van der Waals surface area contributed by atoms with Crippen molar-refractivity contribution in [3.63, 3.8) is 0 Å². The van der Waals surface area contributed by atoms with E-state index < -0.39 is 0 Å². The molecule has 0 aliphatic carbocycles. The summed E-state index contributed by atoms with van der Waals surface area (Å²) < 4.78 is 0. The number of benzene rings is 1. The molecular weight excluding hydrogens is 333 g/mol. The van der Waals surface area contributed by atoms with Crippen LogP contribution in [0.1, 0.15) is 29.8 Å². The van der Waals surface area contributed by atoms with Crippen molar-refractivity contribution in [1.29, 1.82) is 0 Å². The van der Waals surface area contributed by atoms with Crippen LogP contribution in [0.25, 0.3) is 0 Å². The van der Waals surface area contributed by atoms with Gasteiger partial charge in [-0.15, -0.1) is 0 Å². The minimum absolute atomic E-state index is 0.306. The molecule has 1 aliphatic heterocycles. The number of rotatable bonds is 3. The van der Waals surface area contributed by atoms with E-state index in [4.69, 9.17) is 23.2 Å². The highest BCUT2D eigenvalue weighted by molar-refractivity contribution is 6.44. The SMILES string of the molecule is O=C(Nc1cccc(Cl)c1Cl)c1ccc(N2CCCCC2)cn1. The molecule has 1 saturated heterocycles. The third-order valence-electron chi connectivity index (χ3n) is 3.90. The first-order valence-electron chi connectivity index (χ1n) is 7.61. The predicted octanol–water partition coefficient (Wildman–Crippen LogP) is 4.63. The van der Waals surface area contributed by atoms with E-state index in [9.17, 15) is 4.79 Å². The van der Waals surface area contributed by atoms with E-state index in [0.717, 1.165) is 18.8 Å². The van der Waals surface area contributed by atoms with Gasteiger partial charge in [-0.05, 0) is 43.5 Å². The molecule has 6 heteroatoms. The van der Waals surface area contributed by atoms with Crippen LogP contribution in [0.15, 0.2) is 36.5 Å². The number of nitrogens with one attached hydrogen (secondary N) is 1. The van der Waals surface area contributed by atoms with E-state index in [1.807, 2.05) is 6.07 Å². The Morgan fingerprint density at radius 2 is 1.87 bits per heavy atom. The summed E-state index contributed by atoms with van der Waals surface area (Å²) >= 11 is 12.0. The molecule has 1 aliphatic rings. The van der Waals surface area contributed by atoms with E-state index in [1.54, 1.807) is 30.5 Å². The quantitative estimate of drug-likeness (QED) is 0.878. The molecule has 2 aromatic rings. The number of pyridine rings is 1. The van der Waals surface area contributed by atoms with Crippen LogP contribution in [0.3, 0.4) is 0 Å². The molecular formula is C17H17Cl2N3O. The zero-order valence-corrected chi connectivity index (χ0v) is 14.1. The number of amides is 1.